The molecule has 1 aliphatic carbocycles. The summed E-state index contributed by atoms with van der Waals surface area (Å²) < 4.78 is 5.63. The minimum absolute atomic E-state index is 0.602. The third kappa shape index (κ3) is 5.78. The van der Waals surface area contributed by atoms with Crippen LogP contribution in [0.5, 0.6) is 0 Å². The van der Waals surface area contributed by atoms with Crippen LogP contribution in [0.25, 0.3) is 22.3 Å². The topological polar surface area (TPSA) is 0 Å². The van der Waals surface area contributed by atoms with E-state index in [1.54, 1.807) is 11.1 Å². The first-order chi connectivity index (χ1) is 15.8. The SMILES string of the molecule is CCCC1CCc2c(cc(I)c(-c3ccc(-c4cc(I)c(C(C)CC)c(I)c4)cc3)c2I)C1. The average Bonchev–Trinajstić information content (AvgIpc) is 2.79. The summed E-state index contributed by atoms with van der Waals surface area (Å²) in [7, 11) is 0. The molecule has 0 bridgehead atoms. The van der Waals surface area contributed by atoms with Crippen LogP contribution >= 0.6 is 90.4 Å². The van der Waals surface area contributed by atoms with Gasteiger partial charge in [-0.25, -0.2) is 0 Å². The first-order valence-corrected chi connectivity index (χ1v) is 16.2. The van der Waals surface area contributed by atoms with E-state index in [2.05, 4.69) is 154 Å². The molecule has 0 radical (unpaired) electrons. The van der Waals surface area contributed by atoms with E-state index in [1.165, 1.54) is 80.6 Å². The van der Waals surface area contributed by atoms with Crippen molar-refractivity contribution in [3.8, 4) is 22.3 Å². The third-order valence-electron chi connectivity index (χ3n) is 7.11. The summed E-state index contributed by atoms with van der Waals surface area (Å²) >= 11 is 10.2. The van der Waals surface area contributed by atoms with Crippen LogP contribution in [-0.2, 0) is 12.8 Å². The van der Waals surface area contributed by atoms with Crippen molar-refractivity contribution in [2.45, 2.75) is 65.2 Å². The Bertz CT molecular complexity index is 1120. The van der Waals surface area contributed by atoms with E-state index in [4.69, 9.17) is 0 Å². The lowest BCUT2D eigenvalue weighted by atomic mass is 9.81. The van der Waals surface area contributed by atoms with Gasteiger partial charge in [-0.1, -0.05) is 57.9 Å². The normalized spacial score (nSPS) is 16.5. The van der Waals surface area contributed by atoms with Gasteiger partial charge in [0.25, 0.3) is 0 Å². The summed E-state index contributed by atoms with van der Waals surface area (Å²) in [5, 5.41) is 0. The van der Waals surface area contributed by atoms with Crippen LogP contribution in [-0.4, -0.2) is 0 Å². The van der Waals surface area contributed by atoms with E-state index in [1.807, 2.05) is 0 Å². The molecule has 4 rings (SSSR count). The van der Waals surface area contributed by atoms with Crippen molar-refractivity contribution in [3.05, 3.63) is 73.4 Å². The van der Waals surface area contributed by atoms with E-state index >= 15 is 0 Å². The van der Waals surface area contributed by atoms with Crippen molar-refractivity contribution in [3.63, 3.8) is 0 Å². The molecule has 1 aliphatic rings. The number of hydrogen-bond acceptors (Lipinski definition) is 0. The molecule has 0 saturated heterocycles. The fraction of sp³-hybridized carbons (Fsp3) is 0.379. The predicted octanol–water partition coefficient (Wildman–Crippen LogP) is 10.9. The molecule has 0 heterocycles. The maximum absolute atomic E-state index is 2.62. The van der Waals surface area contributed by atoms with Gasteiger partial charge in [0.05, 0.1) is 0 Å². The predicted molar refractivity (Wildman–Crippen MR) is 177 cm³/mol. The summed E-state index contributed by atoms with van der Waals surface area (Å²) in [5.74, 6) is 1.47. The van der Waals surface area contributed by atoms with Crippen molar-refractivity contribution in [2.24, 2.45) is 5.92 Å². The smallest absolute Gasteiger partial charge is 0.0254 e. The summed E-state index contributed by atoms with van der Waals surface area (Å²) in [6, 6.07) is 16.5. The number of rotatable bonds is 6. The highest BCUT2D eigenvalue weighted by Crippen LogP contribution is 2.40. The summed E-state index contributed by atoms with van der Waals surface area (Å²) in [4.78, 5) is 0. The minimum atomic E-state index is 0.602. The van der Waals surface area contributed by atoms with Gasteiger partial charge in [0.15, 0.2) is 0 Å². The fourth-order valence-electron chi connectivity index (χ4n) is 5.10. The molecule has 0 aliphatic heterocycles. The van der Waals surface area contributed by atoms with Crippen LogP contribution in [0.4, 0.5) is 0 Å². The molecule has 174 valence electrons. The minimum Gasteiger partial charge on any atom is -0.0654 e. The number of benzene rings is 3. The Morgan fingerprint density at radius 1 is 0.848 bits per heavy atom. The lowest BCUT2D eigenvalue weighted by Gasteiger charge is -2.27. The fourth-order valence-corrected chi connectivity index (χ4v) is 10.6. The van der Waals surface area contributed by atoms with E-state index in [0.717, 1.165) is 5.92 Å². The van der Waals surface area contributed by atoms with Gasteiger partial charge >= 0.3 is 0 Å². The molecule has 0 nitrogen and oxygen atoms in total. The Morgan fingerprint density at radius 3 is 2.09 bits per heavy atom. The second kappa shape index (κ2) is 11.8. The highest BCUT2D eigenvalue weighted by atomic mass is 127. The maximum Gasteiger partial charge on any atom is 0.0254 e. The molecule has 3 aromatic rings. The zero-order chi connectivity index (χ0) is 23.7. The number of halogens is 4. The summed E-state index contributed by atoms with van der Waals surface area (Å²) in [6.45, 7) is 6.92. The molecule has 4 heteroatoms. The van der Waals surface area contributed by atoms with Crippen LogP contribution < -0.4 is 0 Å². The first kappa shape index (κ1) is 26.6. The highest BCUT2D eigenvalue weighted by molar-refractivity contribution is 14.1. The van der Waals surface area contributed by atoms with E-state index in [0.29, 0.717) is 5.92 Å². The molecule has 0 spiro atoms. The monoisotopic (exact) mass is 886 g/mol. The van der Waals surface area contributed by atoms with Crippen LogP contribution in [0.2, 0.25) is 0 Å². The zero-order valence-corrected chi connectivity index (χ0v) is 28.1. The van der Waals surface area contributed by atoms with Gasteiger partial charge in [-0.2, -0.15) is 0 Å². The van der Waals surface area contributed by atoms with Gasteiger partial charge in [0, 0.05) is 19.8 Å². The molecular formula is C29H30I4. The van der Waals surface area contributed by atoms with Crippen LogP contribution in [0.3, 0.4) is 0 Å². The summed E-state index contributed by atoms with van der Waals surface area (Å²) in [6.07, 6.45) is 7.69. The van der Waals surface area contributed by atoms with E-state index in [9.17, 15) is 0 Å². The Kier molecular flexibility index (Phi) is 9.49. The lowest BCUT2D eigenvalue weighted by Crippen LogP contribution is -2.16. The Labute approximate surface area is 254 Å². The second-order valence-corrected chi connectivity index (χ2v) is 13.9. The van der Waals surface area contributed by atoms with Crippen molar-refractivity contribution in [2.75, 3.05) is 0 Å². The lowest BCUT2D eigenvalue weighted by molar-refractivity contribution is 0.422. The molecule has 0 aromatic heterocycles. The third-order valence-corrected chi connectivity index (χ3v) is 10.9. The number of fused-ring (bicyclic) bond motifs is 1. The molecule has 33 heavy (non-hydrogen) atoms. The molecule has 2 unspecified atom stereocenters. The van der Waals surface area contributed by atoms with Crippen LogP contribution in [0.15, 0.2) is 42.5 Å². The molecule has 0 N–H and O–H groups in total. The van der Waals surface area contributed by atoms with Gasteiger partial charge in [-0.3, -0.25) is 0 Å². The molecule has 0 fully saturated rings. The van der Waals surface area contributed by atoms with Crippen LogP contribution in [0, 0.1) is 20.2 Å². The Hall–Kier alpha value is 0.580. The van der Waals surface area contributed by atoms with Gasteiger partial charge in [-0.05, 0) is 179 Å². The second-order valence-electron chi connectivity index (χ2n) is 9.32. The molecular weight excluding hydrogens is 856 g/mol. The molecule has 3 aromatic carbocycles. The zero-order valence-electron chi connectivity index (χ0n) is 19.5. The van der Waals surface area contributed by atoms with Crippen molar-refractivity contribution >= 4 is 90.4 Å². The van der Waals surface area contributed by atoms with Crippen molar-refractivity contribution < 1.29 is 0 Å². The summed E-state index contributed by atoms with van der Waals surface area (Å²) in [5.41, 5.74) is 10.1. The van der Waals surface area contributed by atoms with Gasteiger partial charge < -0.3 is 0 Å². The van der Waals surface area contributed by atoms with Gasteiger partial charge in [0.2, 0.25) is 0 Å². The van der Waals surface area contributed by atoms with Crippen molar-refractivity contribution in [1.29, 1.82) is 0 Å². The number of hydrogen-bond donors (Lipinski definition) is 0. The largest absolute Gasteiger partial charge is 0.0654 e. The first-order valence-electron chi connectivity index (χ1n) is 11.9. The van der Waals surface area contributed by atoms with E-state index < -0.39 is 0 Å². The highest BCUT2D eigenvalue weighted by Gasteiger charge is 2.23. The van der Waals surface area contributed by atoms with E-state index in [-0.39, 0.29) is 0 Å². The van der Waals surface area contributed by atoms with Crippen molar-refractivity contribution in [1.82, 2.24) is 0 Å². The molecule has 0 amide bonds. The Balaban J connectivity index is 1.66. The average molecular weight is 886 g/mol. The maximum atomic E-state index is 2.62. The van der Waals surface area contributed by atoms with Crippen LogP contribution in [0.1, 0.15) is 69.1 Å². The Morgan fingerprint density at radius 2 is 1.48 bits per heavy atom. The van der Waals surface area contributed by atoms with Gasteiger partial charge in [-0.15, -0.1) is 0 Å². The quantitative estimate of drug-likeness (QED) is 0.216. The molecule has 2 atom stereocenters. The molecule has 0 saturated carbocycles. The standard InChI is InChI=1S/C29H30I4/c1-4-6-18-7-12-23-22(13-18)16-26(32)28(29(23)33)20-10-8-19(9-11-20)21-14-24(30)27(17(3)5-2)25(31)15-21/h8-11,14-18H,4-7,12-13H2,1-3H3. The van der Waals surface area contributed by atoms with Gasteiger partial charge in [0.1, 0.15) is 0 Å².